The van der Waals surface area contributed by atoms with Crippen molar-refractivity contribution < 1.29 is 9.72 Å². The number of hydrogen-bond donors (Lipinski definition) is 1. The zero-order valence-electron chi connectivity index (χ0n) is 17.2. The van der Waals surface area contributed by atoms with Gasteiger partial charge >= 0.3 is 0 Å². The van der Waals surface area contributed by atoms with E-state index in [4.69, 9.17) is 0 Å². The predicted molar refractivity (Wildman–Crippen MR) is 119 cm³/mol. The highest BCUT2D eigenvalue weighted by molar-refractivity contribution is 5.94. The average molecular weight is 417 g/mol. The molecule has 4 rings (SSSR count). The zero-order valence-corrected chi connectivity index (χ0v) is 17.2. The summed E-state index contributed by atoms with van der Waals surface area (Å²) in [5.41, 5.74) is 3.14. The number of aromatic nitrogens is 2. The third-order valence-electron chi connectivity index (χ3n) is 5.52. The van der Waals surface area contributed by atoms with Crippen molar-refractivity contribution in [3.8, 4) is 11.3 Å². The number of non-ortho nitro benzene ring substituents is 1. The van der Waals surface area contributed by atoms with Crippen LogP contribution in [0.5, 0.6) is 0 Å². The molecule has 1 amide bonds. The number of amides is 1. The summed E-state index contributed by atoms with van der Waals surface area (Å²) in [6.07, 6.45) is 3.22. The summed E-state index contributed by atoms with van der Waals surface area (Å²) in [7, 11) is 0. The Hall–Kier alpha value is -3.81. The van der Waals surface area contributed by atoms with Crippen molar-refractivity contribution in [2.45, 2.75) is 19.8 Å². The lowest BCUT2D eigenvalue weighted by atomic mass is 9.96. The lowest BCUT2D eigenvalue weighted by Gasteiger charge is -2.33. The molecule has 1 saturated heterocycles. The predicted octanol–water partition coefficient (Wildman–Crippen LogP) is 4.22. The largest absolute Gasteiger partial charge is 0.356 e. The molecule has 1 aliphatic rings. The Morgan fingerprint density at radius 1 is 1.16 bits per heavy atom. The topological polar surface area (TPSA) is 101 Å². The first-order valence-corrected chi connectivity index (χ1v) is 10.2. The van der Waals surface area contributed by atoms with Gasteiger partial charge in [0.1, 0.15) is 12.1 Å². The maximum atomic E-state index is 12.9. The van der Waals surface area contributed by atoms with Gasteiger partial charge in [0.2, 0.25) is 5.91 Å². The fourth-order valence-electron chi connectivity index (χ4n) is 3.82. The second-order valence-electron chi connectivity index (χ2n) is 7.66. The second kappa shape index (κ2) is 8.91. The molecule has 0 bridgehead atoms. The Bertz CT molecular complexity index is 1100. The van der Waals surface area contributed by atoms with Gasteiger partial charge in [0, 0.05) is 42.5 Å². The standard InChI is InChI=1S/C23H23N5O3/c1-16-12-19(28(30)31)9-10-20(16)26-23(29)18-8-5-11-27(14-18)22-13-21(24-15-25-22)17-6-3-2-4-7-17/h2-4,6-7,9-10,12-13,15,18H,5,8,11,14H2,1H3,(H,26,29). The molecule has 0 saturated carbocycles. The van der Waals surface area contributed by atoms with E-state index < -0.39 is 4.92 Å². The number of carbonyl (C=O) groups is 1. The van der Waals surface area contributed by atoms with Gasteiger partial charge in [-0.1, -0.05) is 30.3 Å². The molecule has 2 heterocycles. The first-order valence-electron chi connectivity index (χ1n) is 10.2. The number of piperidine rings is 1. The monoisotopic (exact) mass is 417 g/mol. The molecule has 8 heteroatoms. The molecule has 0 radical (unpaired) electrons. The van der Waals surface area contributed by atoms with Gasteiger partial charge in [0.05, 0.1) is 16.5 Å². The van der Waals surface area contributed by atoms with Gasteiger partial charge in [0.15, 0.2) is 0 Å². The SMILES string of the molecule is Cc1cc([N+](=O)[O-])ccc1NC(=O)C1CCCN(c2cc(-c3ccccc3)ncn2)C1. The minimum atomic E-state index is -0.441. The second-order valence-corrected chi connectivity index (χ2v) is 7.66. The van der Waals surface area contributed by atoms with Crippen LogP contribution < -0.4 is 10.2 Å². The van der Waals surface area contributed by atoms with Crippen LogP contribution in [0.25, 0.3) is 11.3 Å². The summed E-state index contributed by atoms with van der Waals surface area (Å²) >= 11 is 0. The third-order valence-corrected chi connectivity index (χ3v) is 5.52. The molecule has 2 aromatic carbocycles. The maximum absolute atomic E-state index is 12.9. The molecule has 3 aromatic rings. The van der Waals surface area contributed by atoms with Crippen LogP contribution in [0.1, 0.15) is 18.4 Å². The molecule has 1 aliphatic heterocycles. The van der Waals surface area contributed by atoms with Crippen molar-refractivity contribution in [3.05, 3.63) is 76.6 Å². The minimum Gasteiger partial charge on any atom is -0.356 e. The van der Waals surface area contributed by atoms with Gasteiger partial charge < -0.3 is 10.2 Å². The van der Waals surface area contributed by atoms with Crippen LogP contribution in [0.4, 0.5) is 17.2 Å². The Morgan fingerprint density at radius 2 is 1.97 bits per heavy atom. The van der Waals surface area contributed by atoms with Crippen LogP contribution in [0.15, 0.2) is 60.9 Å². The number of nitro benzene ring substituents is 1. The molecule has 1 N–H and O–H groups in total. The van der Waals surface area contributed by atoms with Crippen molar-refractivity contribution in [1.82, 2.24) is 9.97 Å². The summed E-state index contributed by atoms with van der Waals surface area (Å²) in [5.74, 6) is 0.523. The van der Waals surface area contributed by atoms with E-state index in [1.54, 1.807) is 19.3 Å². The number of rotatable bonds is 5. The van der Waals surface area contributed by atoms with Crippen LogP contribution in [0.3, 0.4) is 0 Å². The highest BCUT2D eigenvalue weighted by Crippen LogP contribution is 2.27. The zero-order chi connectivity index (χ0) is 21.8. The molecule has 1 fully saturated rings. The van der Waals surface area contributed by atoms with Crippen LogP contribution in [-0.4, -0.2) is 33.9 Å². The highest BCUT2D eigenvalue weighted by atomic mass is 16.6. The van der Waals surface area contributed by atoms with E-state index in [0.717, 1.165) is 36.5 Å². The summed E-state index contributed by atoms with van der Waals surface area (Å²) in [6, 6.07) is 16.3. The third kappa shape index (κ3) is 4.69. The molecule has 1 atom stereocenters. The van der Waals surface area contributed by atoms with Crippen LogP contribution >= 0.6 is 0 Å². The number of carbonyl (C=O) groups excluding carboxylic acids is 1. The van der Waals surface area contributed by atoms with Crippen LogP contribution in [0, 0.1) is 23.0 Å². The first kappa shape index (κ1) is 20.5. The van der Waals surface area contributed by atoms with Crippen molar-refractivity contribution in [3.63, 3.8) is 0 Å². The van der Waals surface area contributed by atoms with Crippen molar-refractivity contribution in [1.29, 1.82) is 0 Å². The number of anilines is 2. The first-order chi connectivity index (χ1) is 15.0. The lowest BCUT2D eigenvalue weighted by molar-refractivity contribution is -0.384. The molecule has 0 aliphatic carbocycles. The van der Waals surface area contributed by atoms with Crippen LogP contribution in [-0.2, 0) is 4.79 Å². The Morgan fingerprint density at radius 3 is 2.71 bits per heavy atom. The van der Waals surface area contributed by atoms with E-state index >= 15 is 0 Å². The van der Waals surface area contributed by atoms with Gasteiger partial charge in [-0.2, -0.15) is 0 Å². The van der Waals surface area contributed by atoms with E-state index in [1.807, 2.05) is 36.4 Å². The van der Waals surface area contributed by atoms with Crippen molar-refractivity contribution in [2.24, 2.45) is 5.92 Å². The number of hydrogen-bond acceptors (Lipinski definition) is 6. The molecule has 0 spiro atoms. The number of aryl methyl sites for hydroxylation is 1. The van der Waals surface area contributed by atoms with E-state index in [9.17, 15) is 14.9 Å². The summed E-state index contributed by atoms with van der Waals surface area (Å²) in [6.45, 7) is 3.14. The maximum Gasteiger partial charge on any atom is 0.269 e. The Kier molecular flexibility index (Phi) is 5.88. The van der Waals surface area contributed by atoms with E-state index in [2.05, 4.69) is 20.2 Å². The summed E-state index contributed by atoms with van der Waals surface area (Å²) in [5, 5.41) is 13.9. The molecule has 1 unspecified atom stereocenters. The van der Waals surface area contributed by atoms with Gasteiger partial charge in [-0.3, -0.25) is 14.9 Å². The lowest BCUT2D eigenvalue weighted by Crippen LogP contribution is -2.41. The quantitative estimate of drug-likeness (QED) is 0.493. The normalized spacial score (nSPS) is 16.0. The molecule has 1 aromatic heterocycles. The van der Waals surface area contributed by atoms with Crippen molar-refractivity contribution in [2.75, 3.05) is 23.3 Å². The van der Waals surface area contributed by atoms with Crippen molar-refractivity contribution >= 4 is 23.1 Å². The molecular formula is C23H23N5O3. The van der Waals surface area contributed by atoms with E-state index in [0.29, 0.717) is 17.8 Å². The van der Waals surface area contributed by atoms with Gasteiger partial charge in [-0.25, -0.2) is 9.97 Å². The number of nitro groups is 1. The molecular weight excluding hydrogens is 394 g/mol. The highest BCUT2D eigenvalue weighted by Gasteiger charge is 2.27. The number of benzene rings is 2. The van der Waals surface area contributed by atoms with Gasteiger partial charge in [-0.05, 0) is 31.4 Å². The van der Waals surface area contributed by atoms with E-state index in [-0.39, 0.29) is 17.5 Å². The molecule has 158 valence electrons. The Labute approximate surface area is 180 Å². The summed E-state index contributed by atoms with van der Waals surface area (Å²) < 4.78 is 0. The number of nitrogens with zero attached hydrogens (tertiary/aromatic N) is 4. The van der Waals surface area contributed by atoms with Crippen LogP contribution in [0.2, 0.25) is 0 Å². The summed E-state index contributed by atoms with van der Waals surface area (Å²) in [4.78, 5) is 34.3. The minimum absolute atomic E-state index is 0.0114. The number of nitrogens with one attached hydrogen (secondary N) is 1. The van der Waals surface area contributed by atoms with Gasteiger partial charge in [-0.15, -0.1) is 0 Å². The fraction of sp³-hybridized carbons (Fsp3) is 0.261. The average Bonchev–Trinajstić information content (AvgIpc) is 2.81. The van der Waals surface area contributed by atoms with E-state index in [1.165, 1.54) is 12.1 Å². The molecule has 31 heavy (non-hydrogen) atoms. The smallest absolute Gasteiger partial charge is 0.269 e. The molecule has 8 nitrogen and oxygen atoms in total. The van der Waals surface area contributed by atoms with Gasteiger partial charge in [0.25, 0.3) is 5.69 Å². The fourth-order valence-corrected chi connectivity index (χ4v) is 3.82. The Balaban J connectivity index is 1.46.